The second kappa shape index (κ2) is 6.05. The molecule has 1 saturated heterocycles. The van der Waals surface area contributed by atoms with Gasteiger partial charge in [0.25, 0.3) is 0 Å². The summed E-state index contributed by atoms with van der Waals surface area (Å²) in [6.07, 6.45) is 2.80. The van der Waals surface area contributed by atoms with Gasteiger partial charge in [-0.1, -0.05) is 43.6 Å². The molecule has 2 unspecified atom stereocenters. The SMILES string of the molecule is CC(C)C1CN(Cc2ccccc2Cl)C(C2CC2)CN1. The van der Waals surface area contributed by atoms with Gasteiger partial charge in [0.2, 0.25) is 0 Å². The summed E-state index contributed by atoms with van der Waals surface area (Å²) >= 11 is 6.34. The van der Waals surface area contributed by atoms with Gasteiger partial charge in [-0.2, -0.15) is 0 Å². The molecule has 3 rings (SSSR count). The lowest BCUT2D eigenvalue weighted by Gasteiger charge is -2.42. The van der Waals surface area contributed by atoms with Gasteiger partial charge in [-0.3, -0.25) is 4.90 Å². The smallest absolute Gasteiger partial charge is 0.0451 e. The van der Waals surface area contributed by atoms with Crippen LogP contribution in [0.5, 0.6) is 0 Å². The van der Waals surface area contributed by atoms with E-state index in [1.54, 1.807) is 0 Å². The molecule has 1 aliphatic carbocycles. The number of hydrogen-bond acceptors (Lipinski definition) is 2. The molecule has 0 amide bonds. The van der Waals surface area contributed by atoms with E-state index in [2.05, 4.69) is 36.2 Å². The molecule has 0 spiro atoms. The van der Waals surface area contributed by atoms with Gasteiger partial charge >= 0.3 is 0 Å². The average Bonchev–Trinajstić information content (AvgIpc) is 3.25. The van der Waals surface area contributed by atoms with E-state index in [1.807, 2.05) is 12.1 Å². The van der Waals surface area contributed by atoms with Crippen molar-refractivity contribution in [3.8, 4) is 0 Å². The van der Waals surface area contributed by atoms with E-state index in [9.17, 15) is 0 Å². The molecule has 1 aliphatic heterocycles. The summed E-state index contributed by atoms with van der Waals surface area (Å²) in [6.45, 7) is 7.89. The molecule has 3 heteroatoms. The third kappa shape index (κ3) is 3.19. The van der Waals surface area contributed by atoms with E-state index in [0.717, 1.165) is 30.6 Å². The van der Waals surface area contributed by atoms with E-state index >= 15 is 0 Å². The van der Waals surface area contributed by atoms with Crippen molar-refractivity contribution >= 4 is 11.6 Å². The maximum absolute atomic E-state index is 6.34. The number of hydrogen-bond donors (Lipinski definition) is 1. The van der Waals surface area contributed by atoms with Crippen molar-refractivity contribution in [2.45, 2.75) is 45.3 Å². The first kappa shape index (κ1) is 14.4. The summed E-state index contributed by atoms with van der Waals surface area (Å²) in [4.78, 5) is 2.67. The van der Waals surface area contributed by atoms with Crippen molar-refractivity contribution in [2.24, 2.45) is 11.8 Å². The molecule has 2 fully saturated rings. The first-order valence-corrected chi connectivity index (χ1v) is 8.24. The summed E-state index contributed by atoms with van der Waals surface area (Å²) < 4.78 is 0. The monoisotopic (exact) mass is 292 g/mol. The predicted octanol–water partition coefficient (Wildman–Crippen LogP) is 3.55. The second-order valence-electron chi connectivity index (χ2n) is 6.68. The topological polar surface area (TPSA) is 15.3 Å². The molecular weight excluding hydrogens is 268 g/mol. The fourth-order valence-corrected chi connectivity index (χ4v) is 3.47. The lowest BCUT2D eigenvalue weighted by atomic mass is 9.97. The van der Waals surface area contributed by atoms with Gasteiger partial charge in [-0.25, -0.2) is 0 Å². The number of nitrogens with one attached hydrogen (secondary N) is 1. The van der Waals surface area contributed by atoms with Gasteiger partial charge in [-0.05, 0) is 36.3 Å². The van der Waals surface area contributed by atoms with Crippen LogP contribution in [0.4, 0.5) is 0 Å². The van der Waals surface area contributed by atoms with Gasteiger partial charge in [0.1, 0.15) is 0 Å². The van der Waals surface area contributed by atoms with E-state index in [-0.39, 0.29) is 0 Å². The molecule has 20 heavy (non-hydrogen) atoms. The van der Waals surface area contributed by atoms with Gasteiger partial charge in [0.15, 0.2) is 0 Å². The minimum atomic E-state index is 0.604. The minimum absolute atomic E-state index is 0.604. The van der Waals surface area contributed by atoms with Crippen molar-refractivity contribution in [2.75, 3.05) is 13.1 Å². The summed E-state index contributed by atoms with van der Waals surface area (Å²) in [5.41, 5.74) is 1.27. The van der Waals surface area contributed by atoms with Crippen molar-refractivity contribution in [1.29, 1.82) is 0 Å². The lowest BCUT2D eigenvalue weighted by molar-refractivity contribution is 0.0927. The number of piperazine rings is 1. The highest BCUT2D eigenvalue weighted by atomic mass is 35.5. The number of halogens is 1. The van der Waals surface area contributed by atoms with Crippen LogP contribution in [0, 0.1) is 11.8 Å². The van der Waals surface area contributed by atoms with E-state index in [4.69, 9.17) is 11.6 Å². The number of rotatable bonds is 4. The van der Waals surface area contributed by atoms with Crippen molar-refractivity contribution in [1.82, 2.24) is 10.2 Å². The van der Waals surface area contributed by atoms with Crippen LogP contribution in [0.2, 0.25) is 5.02 Å². The van der Waals surface area contributed by atoms with E-state index in [0.29, 0.717) is 18.0 Å². The van der Waals surface area contributed by atoms with Crippen LogP contribution >= 0.6 is 11.6 Å². The standard InChI is InChI=1S/C17H25ClN2/c1-12(2)16-11-20(17(9-19-16)13-7-8-13)10-14-5-3-4-6-15(14)18/h3-6,12-13,16-17,19H,7-11H2,1-2H3. The first-order chi connectivity index (χ1) is 9.65. The Balaban J connectivity index is 1.74. The van der Waals surface area contributed by atoms with Gasteiger partial charge in [-0.15, -0.1) is 0 Å². The van der Waals surface area contributed by atoms with Crippen LogP contribution < -0.4 is 5.32 Å². The Morgan fingerprint density at radius 2 is 2.05 bits per heavy atom. The Morgan fingerprint density at radius 1 is 1.30 bits per heavy atom. The summed E-state index contributed by atoms with van der Waals surface area (Å²) in [5, 5.41) is 4.65. The fraction of sp³-hybridized carbons (Fsp3) is 0.647. The molecule has 0 bridgehead atoms. The normalized spacial score (nSPS) is 28.0. The third-order valence-electron chi connectivity index (χ3n) is 4.79. The molecule has 0 radical (unpaired) electrons. The third-order valence-corrected chi connectivity index (χ3v) is 5.16. The molecular formula is C17H25ClN2. The first-order valence-electron chi connectivity index (χ1n) is 7.86. The molecule has 1 saturated carbocycles. The number of nitrogens with zero attached hydrogens (tertiary/aromatic N) is 1. The lowest BCUT2D eigenvalue weighted by Crippen LogP contribution is -2.58. The van der Waals surface area contributed by atoms with Crippen LogP contribution in [0.3, 0.4) is 0 Å². The molecule has 1 heterocycles. The van der Waals surface area contributed by atoms with Crippen LogP contribution in [-0.4, -0.2) is 30.1 Å². The number of benzene rings is 1. The Labute approximate surface area is 127 Å². The highest BCUT2D eigenvalue weighted by molar-refractivity contribution is 6.31. The van der Waals surface area contributed by atoms with Crippen LogP contribution in [0.15, 0.2) is 24.3 Å². The van der Waals surface area contributed by atoms with E-state index < -0.39 is 0 Å². The maximum atomic E-state index is 6.34. The Morgan fingerprint density at radius 3 is 2.70 bits per heavy atom. The summed E-state index contributed by atoms with van der Waals surface area (Å²) in [5.74, 6) is 1.59. The van der Waals surface area contributed by atoms with Crippen LogP contribution in [0.25, 0.3) is 0 Å². The molecule has 1 N–H and O–H groups in total. The van der Waals surface area contributed by atoms with Crippen LogP contribution in [0.1, 0.15) is 32.3 Å². The maximum Gasteiger partial charge on any atom is 0.0451 e. The summed E-state index contributed by atoms with van der Waals surface area (Å²) in [6, 6.07) is 9.58. The molecule has 2 atom stereocenters. The van der Waals surface area contributed by atoms with Crippen molar-refractivity contribution < 1.29 is 0 Å². The van der Waals surface area contributed by atoms with E-state index in [1.165, 1.54) is 18.4 Å². The summed E-state index contributed by atoms with van der Waals surface area (Å²) in [7, 11) is 0. The zero-order valence-electron chi connectivity index (χ0n) is 12.5. The van der Waals surface area contributed by atoms with Gasteiger partial charge in [0.05, 0.1) is 0 Å². The Kier molecular flexibility index (Phi) is 4.34. The average molecular weight is 293 g/mol. The molecule has 0 aromatic heterocycles. The molecule has 1 aromatic carbocycles. The predicted molar refractivity (Wildman–Crippen MR) is 85.0 cm³/mol. The highest BCUT2D eigenvalue weighted by Crippen LogP contribution is 2.37. The zero-order valence-corrected chi connectivity index (χ0v) is 13.2. The Hall–Kier alpha value is -0.570. The fourth-order valence-electron chi connectivity index (χ4n) is 3.27. The highest BCUT2D eigenvalue weighted by Gasteiger charge is 2.39. The molecule has 2 aliphatic rings. The van der Waals surface area contributed by atoms with Crippen molar-refractivity contribution in [3.63, 3.8) is 0 Å². The van der Waals surface area contributed by atoms with Crippen LogP contribution in [-0.2, 0) is 6.54 Å². The van der Waals surface area contributed by atoms with Gasteiger partial charge < -0.3 is 5.32 Å². The van der Waals surface area contributed by atoms with Crippen molar-refractivity contribution in [3.05, 3.63) is 34.9 Å². The molecule has 1 aromatic rings. The molecule has 110 valence electrons. The second-order valence-corrected chi connectivity index (χ2v) is 7.09. The quantitative estimate of drug-likeness (QED) is 0.913. The minimum Gasteiger partial charge on any atom is -0.311 e. The molecule has 2 nitrogen and oxygen atoms in total. The largest absolute Gasteiger partial charge is 0.311 e. The Bertz CT molecular complexity index is 456. The van der Waals surface area contributed by atoms with Gasteiger partial charge in [0, 0.05) is 36.7 Å². The zero-order chi connectivity index (χ0) is 14.1.